The lowest BCUT2D eigenvalue weighted by Crippen LogP contribution is -2.47. The van der Waals surface area contributed by atoms with Gasteiger partial charge in [0.1, 0.15) is 24.1 Å². The predicted octanol–water partition coefficient (Wildman–Crippen LogP) is 5.47. The first kappa shape index (κ1) is 25.2. The number of hydrogen-bond donors (Lipinski definition) is 0. The standard InChI is InChI=1S/C30H31N3O5/c1-4-5-16-31(30(35)27-13-9-18-38-27)20-28(34)33-24-11-7-6-10-23(24)32-17-8-12-25(32)29(33)22-19-21(36-2)14-15-26(22)37-3/h6-15,17-19,29H,4-5,16,20H2,1-3H3. The number of rotatable bonds is 9. The van der Waals surface area contributed by atoms with E-state index in [2.05, 4.69) is 11.5 Å². The molecule has 1 aliphatic rings. The number of methoxy groups -OCH3 is 2. The normalized spacial score (nSPS) is 14.0. The van der Waals surface area contributed by atoms with Crippen molar-refractivity contribution in [1.82, 2.24) is 9.47 Å². The van der Waals surface area contributed by atoms with Gasteiger partial charge in [-0.15, -0.1) is 0 Å². The van der Waals surface area contributed by atoms with E-state index >= 15 is 0 Å². The smallest absolute Gasteiger partial charge is 0.290 e. The summed E-state index contributed by atoms with van der Waals surface area (Å²) in [5, 5.41) is 0. The zero-order chi connectivity index (χ0) is 26.6. The van der Waals surface area contributed by atoms with Crippen molar-refractivity contribution in [3.63, 3.8) is 0 Å². The molecule has 1 atom stereocenters. The largest absolute Gasteiger partial charge is 0.497 e. The van der Waals surface area contributed by atoms with E-state index < -0.39 is 6.04 Å². The molecule has 38 heavy (non-hydrogen) atoms. The Kier molecular flexibility index (Phi) is 7.22. The quantitative estimate of drug-likeness (QED) is 0.297. The Morgan fingerprint density at radius 3 is 2.50 bits per heavy atom. The maximum absolute atomic E-state index is 14.3. The van der Waals surface area contributed by atoms with Gasteiger partial charge in [0.05, 0.1) is 37.6 Å². The molecule has 8 heteroatoms. The molecule has 2 aromatic carbocycles. The van der Waals surface area contributed by atoms with Crippen molar-refractivity contribution in [3.8, 4) is 17.2 Å². The Hall–Kier alpha value is -4.46. The summed E-state index contributed by atoms with van der Waals surface area (Å²) < 4.78 is 18.7. The van der Waals surface area contributed by atoms with Crippen LogP contribution in [0, 0.1) is 0 Å². The molecule has 0 saturated heterocycles. The van der Waals surface area contributed by atoms with Crippen LogP contribution in [0.3, 0.4) is 0 Å². The zero-order valence-corrected chi connectivity index (χ0v) is 21.8. The van der Waals surface area contributed by atoms with E-state index in [1.165, 1.54) is 6.26 Å². The highest BCUT2D eigenvalue weighted by Crippen LogP contribution is 2.45. The van der Waals surface area contributed by atoms with Crippen LogP contribution in [0.1, 0.15) is 47.6 Å². The number of carbonyl (C=O) groups excluding carboxylic acids is 2. The first-order valence-corrected chi connectivity index (χ1v) is 12.7. The Bertz CT molecular complexity index is 1430. The number of benzene rings is 2. The van der Waals surface area contributed by atoms with Gasteiger partial charge in [0, 0.05) is 18.3 Å². The molecule has 1 aliphatic heterocycles. The van der Waals surface area contributed by atoms with Gasteiger partial charge in [-0.25, -0.2) is 0 Å². The summed E-state index contributed by atoms with van der Waals surface area (Å²) in [6.07, 6.45) is 5.11. The summed E-state index contributed by atoms with van der Waals surface area (Å²) in [5.74, 6) is 0.988. The topological polar surface area (TPSA) is 77.2 Å². The van der Waals surface area contributed by atoms with Gasteiger partial charge in [0.15, 0.2) is 5.76 Å². The molecule has 4 aromatic rings. The van der Waals surface area contributed by atoms with Crippen molar-refractivity contribution >= 4 is 17.5 Å². The molecule has 0 bridgehead atoms. The molecule has 8 nitrogen and oxygen atoms in total. The maximum atomic E-state index is 14.3. The Labute approximate surface area is 222 Å². The number of hydrogen-bond acceptors (Lipinski definition) is 5. The van der Waals surface area contributed by atoms with Crippen molar-refractivity contribution in [2.24, 2.45) is 0 Å². The lowest BCUT2D eigenvalue weighted by atomic mass is 9.96. The zero-order valence-electron chi connectivity index (χ0n) is 21.8. The molecule has 0 radical (unpaired) electrons. The highest BCUT2D eigenvalue weighted by Gasteiger charge is 2.38. The van der Waals surface area contributed by atoms with Crippen LogP contribution < -0.4 is 14.4 Å². The second-order valence-electron chi connectivity index (χ2n) is 9.12. The first-order chi connectivity index (χ1) is 18.6. The average Bonchev–Trinajstić information content (AvgIpc) is 3.67. The summed E-state index contributed by atoms with van der Waals surface area (Å²) in [6.45, 7) is 2.40. The van der Waals surface area contributed by atoms with Crippen molar-refractivity contribution in [1.29, 1.82) is 0 Å². The van der Waals surface area contributed by atoms with Gasteiger partial charge >= 0.3 is 0 Å². The molecule has 0 aliphatic carbocycles. The molecule has 1 unspecified atom stereocenters. The highest BCUT2D eigenvalue weighted by molar-refractivity contribution is 6.02. The number of unbranched alkanes of at least 4 members (excludes halogenated alkanes) is 1. The fraction of sp³-hybridized carbons (Fsp3) is 0.267. The molecule has 0 spiro atoms. The third-order valence-electron chi connectivity index (χ3n) is 6.85. The van der Waals surface area contributed by atoms with Gasteiger partial charge in [-0.3, -0.25) is 14.5 Å². The summed E-state index contributed by atoms with van der Waals surface area (Å²) in [7, 11) is 3.22. The number of furan rings is 1. The monoisotopic (exact) mass is 513 g/mol. The van der Waals surface area contributed by atoms with Crippen LogP contribution in [0.15, 0.2) is 83.6 Å². The van der Waals surface area contributed by atoms with E-state index in [1.807, 2.05) is 60.8 Å². The molecule has 196 valence electrons. The fourth-order valence-corrected chi connectivity index (χ4v) is 5.01. The Morgan fingerprint density at radius 2 is 1.79 bits per heavy atom. The third-order valence-corrected chi connectivity index (χ3v) is 6.85. The molecule has 5 rings (SSSR count). The number of aromatic nitrogens is 1. The minimum atomic E-state index is -0.510. The van der Waals surface area contributed by atoms with Gasteiger partial charge in [-0.1, -0.05) is 25.5 Å². The van der Waals surface area contributed by atoms with Gasteiger partial charge in [-0.2, -0.15) is 0 Å². The summed E-state index contributed by atoms with van der Waals surface area (Å²) in [5.41, 5.74) is 3.32. The molecular formula is C30H31N3O5. The van der Waals surface area contributed by atoms with Gasteiger partial charge < -0.3 is 23.4 Å². The number of ether oxygens (including phenoxy) is 2. The molecule has 3 heterocycles. The molecular weight excluding hydrogens is 482 g/mol. The van der Waals surface area contributed by atoms with E-state index in [0.29, 0.717) is 18.0 Å². The van der Waals surface area contributed by atoms with Crippen LogP contribution in [0.2, 0.25) is 0 Å². The van der Waals surface area contributed by atoms with E-state index in [1.54, 1.807) is 36.2 Å². The van der Waals surface area contributed by atoms with Crippen LogP contribution in [0.5, 0.6) is 11.5 Å². The SMILES string of the molecule is CCCCN(CC(=O)N1c2ccccc2-n2cccc2C1c1cc(OC)ccc1OC)C(=O)c1ccco1. The minimum absolute atomic E-state index is 0.0998. The van der Waals surface area contributed by atoms with Crippen LogP contribution in [-0.4, -0.2) is 48.6 Å². The molecule has 0 saturated carbocycles. The van der Waals surface area contributed by atoms with Crippen LogP contribution in [0.25, 0.3) is 5.69 Å². The number of amides is 2. The van der Waals surface area contributed by atoms with Gasteiger partial charge in [-0.05, 0) is 61.0 Å². The van der Waals surface area contributed by atoms with Crippen molar-refractivity contribution < 1.29 is 23.5 Å². The Balaban J connectivity index is 1.62. The van der Waals surface area contributed by atoms with E-state index in [9.17, 15) is 9.59 Å². The molecule has 0 N–H and O–H groups in total. The van der Waals surface area contributed by atoms with E-state index in [-0.39, 0.29) is 24.1 Å². The summed E-state index contributed by atoms with van der Waals surface area (Å²) in [4.78, 5) is 30.9. The highest BCUT2D eigenvalue weighted by atomic mass is 16.5. The van der Waals surface area contributed by atoms with Crippen LogP contribution >= 0.6 is 0 Å². The van der Waals surface area contributed by atoms with Crippen molar-refractivity contribution in [2.75, 3.05) is 32.2 Å². The van der Waals surface area contributed by atoms with Crippen LogP contribution in [0.4, 0.5) is 5.69 Å². The second kappa shape index (κ2) is 10.9. The van der Waals surface area contributed by atoms with Crippen molar-refractivity contribution in [3.05, 3.63) is 96.2 Å². The number of carbonyl (C=O) groups is 2. The van der Waals surface area contributed by atoms with E-state index in [0.717, 1.165) is 35.5 Å². The number of nitrogens with zero attached hydrogens (tertiary/aromatic N) is 3. The van der Waals surface area contributed by atoms with Crippen LogP contribution in [-0.2, 0) is 4.79 Å². The molecule has 2 amide bonds. The lowest BCUT2D eigenvalue weighted by molar-refractivity contribution is -0.119. The minimum Gasteiger partial charge on any atom is -0.497 e. The second-order valence-corrected chi connectivity index (χ2v) is 9.12. The maximum Gasteiger partial charge on any atom is 0.290 e. The summed E-state index contributed by atoms with van der Waals surface area (Å²) in [6, 6.07) is 20.1. The molecule has 2 aromatic heterocycles. The first-order valence-electron chi connectivity index (χ1n) is 12.7. The Morgan fingerprint density at radius 1 is 0.974 bits per heavy atom. The number of para-hydroxylation sites is 2. The van der Waals surface area contributed by atoms with E-state index in [4.69, 9.17) is 13.9 Å². The predicted molar refractivity (Wildman–Crippen MR) is 144 cm³/mol. The van der Waals surface area contributed by atoms with Gasteiger partial charge in [0.2, 0.25) is 5.91 Å². The number of anilines is 1. The van der Waals surface area contributed by atoms with Crippen molar-refractivity contribution in [2.45, 2.75) is 25.8 Å². The third kappa shape index (κ3) is 4.53. The lowest BCUT2D eigenvalue weighted by Gasteiger charge is -2.40. The molecule has 0 fully saturated rings. The van der Waals surface area contributed by atoms with Gasteiger partial charge in [0.25, 0.3) is 5.91 Å². The average molecular weight is 514 g/mol. The number of fused-ring (bicyclic) bond motifs is 3. The fourth-order valence-electron chi connectivity index (χ4n) is 5.01. The summed E-state index contributed by atoms with van der Waals surface area (Å²) >= 11 is 0.